The van der Waals surface area contributed by atoms with Gasteiger partial charge in [0, 0.05) is 35.3 Å². The minimum atomic E-state index is -0.365. The van der Waals surface area contributed by atoms with Crippen molar-refractivity contribution in [2.45, 2.75) is 0 Å². The van der Waals surface area contributed by atoms with E-state index in [0.29, 0.717) is 45.0 Å². The summed E-state index contributed by atoms with van der Waals surface area (Å²) in [5.41, 5.74) is 1.06. The number of nitrogens with zero attached hydrogens (tertiary/aromatic N) is 2. The van der Waals surface area contributed by atoms with Crippen molar-refractivity contribution < 1.29 is 19.0 Å². The molecule has 0 aliphatic rings. The first-order valence-corrected chi connectivity index (χ1v) is 9.73. The lowest BCUT2D eigenvalue weighted by molar-refractivity contribution is 0.102. The molecule has 0 aliphatic heterocycles. The third-order valence-electron chi connectivity index (χ3n) is 5.02. The summed E-state index contributed by atoms with van der Waals surface area (Å²) in [4.78, 5) is 30.5. The van der Waals surface area contributed by atoms with Gasteiger partial charge in [0.2, 0.25) is 5.75 Å². The molecule has 4 rings (SSSR count). The van der Waals surface area contributed by atoms with Crippen molar-refractivity contribution in [1.82, 2.24) is 9.55 Å². The second-order valence-corrected chi connectivity index (χ2v) is 6.84. The van der Waals surface area contributed by atoms with Gasteiger partial charge >= 0.3 is 0 Å². The number of fused-ring (bicyclic) bond motifs is 1. The molecule has 1 N–H and O–H groups in total. The third-order valence-corrected chi connectivity index (χ3v) is 5.02. The summed E-state index contributed by atoms with van der Waals surface area (Å²) in [5, 5.41) is 3.77. The summed E-state index contributed by atoms with van der Waals surface area (Å²) in [6, 6.07) is 13.7. The van der Waals surface area contributed by atoms with E-state index < -0.39 is 0 Å². The van der Waals surface area contributed by atoms with Gasteiger partial charge in [-0.3, -0.25) is 19.1 Å². The summed E-state index contributed by atoms with van der Waals surface area (Å²) >= 11 is 0. The lowest BCUT2D eigenvalue weighted by Crippen LogP contribution is -2.23. The van der Waals surface area contributed by atoms with Crippen LogP contribution in [0.25, 0.3) is 16.5 Å². The van der Waals surface area contributed by atoms with E-state index in [1.807, 2.05) is 0 Å². The fourth-order valence-corrected chi connectivity index (χ4v) is 3.51. The second kappa shape index (κ2) is 8.81. The molecule has 8 nitrogen and oxygen atoms in total. The Labute approximate surface area is 184 Å². The van der Waals surface area contributed by atoms with Crippen molar-refractivity contribution in [3.05, 3.63) is 83.0 Å². The topological polar surface area (TPSA) is 91.7 Å². The molecular formula is C24H21N3O5. The largest absolute Gasteiger partial charge is 0.493 e. The van der Waals surface area contributed by atoms with Crippen LogP contribution in [0.3, 0.4) is 0 Å². The highest BCUT2D eigenvalue weighted by Gasteiger charge is 2.19. The van der Waals surface area contributed by atoms with Crippen LogP contribution >= 0.6 is 0 Å². The van der Waals surface area contributed by atoms with Crippen molar-refractivity contribution in [3.63, 3.8) is 0 Å². The molecule has 0 unspecified atom stereocenters. The number of hydrogen-bond donors (Lipinski definition) is 1. The summed E-state index contributed by atoms with van der Waals surface area (Å²) < 4.78 is 17.6. The molecule has 0 spiro atoms. The molecule has 2 aromatic carbocycles. The van der Waals surface area contributed by atoms with E-state index in [1.165, 1.54) is 32.1 Å². The molecule has 0 fully saturated rings. The number of ether oxygens (including phenoxy) is 3. The van der Waals surface area contributed by atoms with Crippen LogP contribution in [0.2, 0.25) is 0 Å². The van der Waals surface area contributed by atoms with Crippen LogP contribution in [-0.2, 0) is 0 Å². The Bertz CT molecular complexity index is 1320. The summed E-state index contributed by atoms with van der Waals surface area (Å²) in [6.07, 6.45) is 4.68. The van der Waals surface area contributed by atoms with Crippen LogP contribution in [0.1, 0.15) is 10.4 Å². The van der Waals surface area contributed by atoms with Crippen molar-refractivity contribution in [1.29, 1.82) is 0 Å². The maximum atomic E-state index is 13.3. The first kappa shape index (κ1) is 20.9. The van der Waals surface area contributed by atoms with Gasteiger partial charge in [-0.15, -0.1) is 0 Å². The Morgan fingerprint density at radius 2 is 1.62 bits per heavy atom. The first-order chi connectivity index (χ1) is 15.6. The number of anilines is 1. The van der Waals surface area contributed by atoms with Gasteiger partial charge < -0.3 is 19.5 Å². The highest BCUT2D eigenvalue weighted by Crippen LogP contribution is 2.39. The molecular weight excluding hydrogens is 410 g/mol. The maximum Gasteiger partial charge on any atom is 0.263 e. The molecule has 0 bridgehead atoms. The molecule has 2 aromatic heterocycles. The predicted octanol–water partition coefficient (Wildman–Crippen LogP) is 3.66. The van der Waals surface area contributed by atoms with E-state index in [-0.39, 0.29) is 11.5 Å². The Morgan fingerprint density at radius 1 is 0.938 bits per heavy atom. The SMILES string of the molecule is COc1cc(-n2cc(C(=O)Nc3cccnc3)c3ccccc3c2=O)cc(OC)c1OC. The van der Waals surface area contributed by atoms with Gasteiger partial charge in [-0.2, -0.15) is 0 Å². The monoisotopic (exact) mass is 431 g/mol. The average Bonchev–Trinajstić information content (AvgIpc) is 2.84. The van der Waals surface area contributed by atoms with Crippen LogP contribution in [0.15, 0.2) is 71.9 Å². The highest BCUT2D eigenvalue weighted by molar-refractivity contribution is 6.12. The van der Waals surface area contributed by atoms with Crippen LogP contribution in [0, 0.1) is 0 Å². The number of hydrogen-bond acceptors (Lipinski definition) is 6. The Morgan fingerprint density at radius 3 is 2.22 bits per heavy atom. The molecule has 0 saturated heterocycles. The van der Waals surface area contributed by atoms with Gasteiger partial charge in [-0.05, 0) is 18.2 Å². The van der Waals surface area contributed by atoms with E-state index in [0.717, 1.165) is 0 Å². The van der Waals surface area contributed by atoms with Crippen molar-refractivity contribution in [2.75, 3.05) is 26.6 Å². The van der Waals surface area contributed by atoms with Crippen molar-refractivity contribution in [2.24, 2.45) is 0 Å². The molecule has 0 atom stereocenters. The van der Waals surface area contributed by atoms with E-state index in [4.69, 9.17) is 14.2 Å². The van der Waals surface area contributed by atoms with Gasteiger partial charge in [0.15, 0.2) is 11.5 Å². The summed E-state index contributed by atoms with van der Waals surface area (Å²) in [7, 11) is 4.50. The Balaban J connectivity index is 1.93. The normalized spacial score (nSPS) is 10.6. The van der Waals surface area contributed by atoms with E-state index >= 15 is 0 Å². The number of rotatable bonds is 6. The zero-order valence-corrected chi connectivity index (χ0v) is 17.8. The van der Waals surface area contributed by atoms with Gasteiger partial charge in [0.1, 0.15) is 0 Å². The Kier molecular flexibility index (Phi) is 5.76. The van der Waals surface area contributed by atoms with Crippen molar-refractivity contribution in [3.8, 4) is 22.9 Å². The van der Waals surface area contributed by atoms with Crippen LogP contribution in [0.4, 0.5) is 5.69 Å². The van der Waals surface area contributed by atoms with Crippen LogP contribution < -0.4 is 25.1 Å². The minimum absolute atomic E-state index is 0.284. The van der Waals surface area contributed by atoms with Gasteiger partial charge in [0.25, 0.3) is 11.5 Å². The zero-order valence-electron chi connectivity index (χ0n) is 17.8. The van der Waals surface area contributed by atoms with E-state index in [1.54, 1.807) is 60.9 Å². The predicted molar refractivity (Wildman–Crippen MR) is 121 cm³/mol. The zero-order chi connectivity index (χ0) is 22.7. The lowest BCUT2D eigenvalue weighted by atomic mass is 10.1. The fourth-order valence-electron chi connectivity index (χ4n) is 3.51. The molecule has 32 heavy (non-hydrogen) atoms. The number of carbonyl (C=O) groups is 1. The highest BCUT2D eigenvalue weighted by atomic mass is 16.5. The second-order valence-electron chi connectivity index (χ2n) is 6.84. The molecule has 4 aromatic rings. The van der Waals surface area contributed by atoms with Crippen molar-refractivity contribution >= 4 is 22.4 Å². The first-order valence-electron chi connectivity index (χ1n) is 9.73. The smallest absolute Gasteiger partial charge is 0.263 e. The van der Waals surface area contributed by atoms with E-state index in [2.05, 4.69) is 10.3 Å². The minimum Gasteiger partial charge on any atom is -0.493 e. The molecule has 0 aliphatic carbocycles. The summed E-state index contributed by atoms with van der Waals surface area (Å²) in [5.74, 6) is 0.823. The number of carbonyl (C=O) groups excluding carboxylic acids is 1. The number of nitrogens with one attached hydrogen (secondary N) is 1. The fraction of sp³-hybridized carbons (Fsp3) is 0.125. The number of aromatic nitrogens is 2. The van der Waals surface area contributed by atoms with Gasteiger partial charge in [-0.1, -0.05) is 18.2 Å². The molecule has 2 heterocycles. The van der Waals surface area contributed by atoms with Gasteiger partial charge in [0.05, 0.1) is 44.5 Å². The van der Waals surface area contributed by atoms with E-state index in [9.17, 15) is 9.59 Å². The van der Waals surface area contributed by atoms with Crippen LogP contribution in [0.5, 0.6) is 17.2 Å². The summed E-state index contributed by atoms with van der Waals surface area (Å²) in [6.45, 7) is 0. The average molecular weight is 431 g/mol. The number of benzene rings is 2. The quantitative estimate of drug-likeness (QED) is 0.501. The Hall–Kier alpha value is -4.33. The molecule has 0 saturated carbocycles. The number of methoxy groups -OCH3 is 3. The molecule has 8 heteroatoms. The third kappa shape index (κ3) is 3.74. The molecule has 1 amide bonds. The maximum absolute atomic E-state index is 13.3. The lowest BCUT2D eigenvalue weighted by Gasteiger charge is -2.17. The number of amides is 1. The number of pyridine rings is 2. The molecule has 162 valence electrons. The molecule has 0 radical (unpaired) electrons. The standard InChI is InChI=1S/C24H21N3O5/c1-30-20-11-16(12-21(31-2)22(20)32-3)27-14-19(17-8-4-5-9-18(17)24(27)29)23(28)26-15-7-6-10-25-13-15/h4-14H,1-3H3,(H,26,28). The van der Waals surface area contributed by atoms with Gasteiger partial charge in [-0.25, -0.2) is 0 Å². The van der Waals surface area contributed by atoms with Crippen LogP contribution in [-0.4, -0.2) is 36.8 Å².